The summed E-state index contributed by atoms with van der Waals surface area (Å²) < 4.78 is 5.16. The van der Waals surface area contributed by atoms with Crippen molar-refractivity contribution in [3.05, 3.63) is 0 Å². The van der Waals surface area contributed by atoms with Gasteiger partial charge in [0.25, 0.3) is 0 Å². The third-order valence-corrected chi connectivity index (χ3v) is 2.54. The largest absolute Gasteiger partial charge is 0.394 e. The van der Waals surface area contributed by atoms with Crippen molar-refractivity contribution in [2.75, 3.05) is 13.2 Å². The first-order chi connectivity index (χ1) is 7.47. The Morgan fingerprint density at radius 3 is 2.25 bits per heavy atom. The van der Waals surface area contributed by atoms with Crippen molar-refractivity contribution in [1.29, 1.82) is 0 Å². The van der Waals surface area contributed by atoms with E-state index < -0.39 is 37.1 Å². The van der Waals surface area contributed by atoms with E-state index in [1.165, 1.54) is 6.92 Å². The second-order valence-electron chi connectivity index (χ2n) is 3.80. The lowest BCUT2D eigenvalue weighted by atomic mass is 9.95. The summed E-state index contributed by atoms with van der Waals surface area (Å²) in [4.78, 5) is 10.7. The molecule has 1 fully saturated rings. The highest BCUT2D eigenvalue weighted by molar-refractivity contribution is 5.72. The van der Waals surface area contributed by atoms with E-state index in [-0.39, 0.29) is 12.5 Å². The molecule has 0 aromatic rings. The summed E-state index contributed by atoms with van der Waals surface area (Å²) in [6, 6.07) is 0. The summed E-state index contributed by atoms with van der Waals surface area (Å²) in [5.41, 5.74) is 0. The van der Waals surface area contributed by atoms with Gasteiger partial charge in [0.05, 0.1) is 6.61 Å². The smallest absolute Gasteiger partial charge is 0.216 e. The maximum absolute atomic E-state index is 10.7. The second-order valence-corrected chi connectivity index (χ2v) is 3.80. The zero-order valence-corrected chi connectivity index (χ0v) is 8.91. The van der Waals surface area contributed by atoms with E-state index in [0.29, 0.717) is 0 Å². The van der Waals surface area contributed by atoms with E-state index in [0.717, 1.165) is 0 Å². The van der Waals surface area contributed by atoms with Crippen LogP contribution in [0.4, 0.5) is 0 Å². The van der Waals surface area contributed by atoms with Crippen LogP contribution in [0.1, 0.15) is 6.92 Å². The highest BCUT2D eigenvalue weighted by Crippen LogP contribution is 2.20. The van der Waals surface area contributed by atoms with Crippen LogP contribution in [-0.4, -0.2) is 70.0 Å². The number of carbonyl (C=O) groups excluding carboxylic acids is 1. The fourth-order valence-electron chi connectivity index (χ4n) is 1.59. The summed E-state index contributed by atoms with van der Waals surface area (Å²) in [5, 5.41) is 39.8. The molecule has 0 unspecified atom stereocenters. The lowest BCUT2D eigenvalue weighted by Crippen LogP contribution is -2.60. The summed E-state index contributed by atoms with van der Waals surface area (Å²) in [6.45, 7) is 0.850. The van der Waals surface area contributed by atoms with Crippen molar-refractivity contribution in [3.63, 3.8) is 0 Å². The molecule has 16 heavy (non-hydrogen) atoms. The molecule has 0 saturated carbocycles. The van der Waals surface area contributed by atoms with Gasteiger partial charge in [-0.05, 0) is 0 Å². The molecule has 1 heterocycles. The van der Waals surface area contributed by atoms with Gasteiger partial charge in [-0.1, -0.05) is 0 Å². The maximum atomic E-state index is 10.7. The maximum Gasteiger partial charge on any atom is 0.216 e. The number of aliphatic hydroxyl groups is 4. The van der Waals surface area contributed by atoms with Gasteiger partial charge in [-0.2, -0.15) is 0 Å². The Morgan fingerprint density at radius 2 is 1.75 bits per heavy atom. The Balaban J connectivity index is 2.60. The number of hydrogen-bond acceptors (Lipinski definition) is 6. The number of carbonyl (C=O) groups is 1. The van der Waals surface area contributed by atoms with Gasteiger partial charge in [0.1, 0.15) is 30.5 Å². The minimum atomic E-state index is -1.40. The topological polar surface area (TPSA) is 119 Å². The van der Waals surface area contributed by atoms with Crippen molar-refractivity contribution in [1.82, 2.24) is 5.32 Å². The van der Waals surface area contributed by atoms with Gasteiger partial charge in [-0.3, -0.25) is 4.79 Å². The summed E-state index contributed by atoms with van der Waals surface area (Å²) in [5.74, 6) is -0.294. The lowest BCUT2D eigenvalue weighted by molar-refractivity contribution is -0.227. The highest BCUT2D eigenvalue weighted by Gasteiger charge is 2.43. The first-order valence-electron chi connectivity index (χ1n) is 5.02. The zero-order valence-electron chi connectivity index (χ0n) is 8.91. The average molecular weight is 235 g/mol. The lowest BCUT2D eigenvalue weighted by Gasteiger charge is -2.40. The molecule has 0 aromatic heterocycles. The van der Waals surface area contributed by atoms with Crippen molar-refractivity contribution in [3.8, 4) is 0 Å². The van der Waals surface area contributed by atoms with Gasteiger partial charge in [-0.15, -0.1) is 0 Å². The predicted molar refractivity (Wildman–Crippen MR) is 52.5 cm³/mol. The van der Waals surface area contributed by atoms with Gasteiger partial charge in [0.15, 0.2) is 0 Å². The molecule has 5 atom stereocenters. The predicted octanol–water partition coefficient (Wildman–Crippen LogP) is -3.04. The fraction of sp³-hybridized carbons (Fsp3) is 0.889. The van der Waals surface area contributed by atoms with Crippen molar-refractivity contribution < 1.29 is 30.0 Å². The summed E-state index contributed by atoms with van der Waals surface area (Å²) >= 11 is 0. The molecule has 0 radical (unpaired) electrons. The normalized spacial score (nSPS) is 39.4. The SMILES string of the molecule is CC(=O)NC[C@H]1O[C@H](CO)[C@@H](O)[C@H](O)[C@@H]1O. The van der Waals surface area contributed by atoms with E-state index in [9.17, 15) is 20.1 Å². The number of ether oxygens (including phenoxy) is 1. The van der Waals surface area contributed by atoms with Crippen molar-refractivity contribution >= 4 is 5.91 Å². The second kappa shape index (κ2) is 5.55. The zero-order chi connectivity index (χ0) is 12.3. The Hall–Kier alpha value is -0.730. The molecule has 1 amide bonds. The van der Waals surface area contributed by atoms with Crippen LogP contribution >= 0.6 is 0 Å². The standard InChI is InChI=1S/C9H17NO6/c1-4(12)10-2-5-7(13)9(15)8(14)6(3-11)16-5/h5-9,11,13-15H,2-3H2,1H3,(H,10,12)/t5-,6-,7-,8-,9-/m1/s1. The molecule has 7 nitrogen and oxygen atoms in total. The van der Waals surface area contributed by atoms with Crippen LogP contribution in [0.2, 0.25) is 0 Å². The van der Waals surface area contributed by atoms with Gasteiger partial charge in [0, 0.05) is 13.5 Å². The van der Waals surface area contributed by atoms with Crippen LogP contribution in [-0.2, 0) is 9.53 Å². The van der Waals surface area contributed by atoms with Crippen LogP contribution in [0, 0.1) is 0 Å². The third-order valence-electron chi connectivity index (χ3n) is 2.54. The molecular weight excluding hydrogens is 218 g/mol. The van der Waals surface area contributed by atoms with Gasteiger partial charge >= 0.3 is 0 Å². The van der Waals surface area contributed by atoms with E-state index in [4.69, 9.17) is 9.84 Å². The molecule has 1 aliphatic heterocycles. The van der Waals surface area contributed by atoms with Crippen LogP contribution in [0.3, 0.4) is 0 Å². The molecule has 1 saturated heterocycles. The van der Waals surface area contributed by atoms with Gasteiger partial charge in [-0.25, -0.2) is 0 Å². The number of aliphatic hydroxyl groups excluding tert-OH is 4. The number of hydrogen-bond donors (Lipinski definition) is 5. The molecule has 1 aliphatic rings. The molecule has 0 bridgehead atoms. The van der Waals surface area contributed by atoms with Crippen LogP contribution in [0.15, 0.2) is 0 Å². The Kier molecular flexibility index (Phi) is 4.63. The number of rotatable bonds is 3. The molecule has 94 valence electrons. The van der Waals surface area contributed by atoms with Crippen molar-refractivity contribution in [2.45, 2.75) is 37.4 Å². The molecule has 0 spiro atoms. The van der Waals surface area contributed by atoms with E-state index >= 15 is 0 Å². The summed E-state index contributed by atoms with van der Waals surface area (Å²) in [7, 11) is 0. The average Bonchev–Trinajstić information content (AvgIpc) is 2.25. The Bertz CT molecular complexity index is 246. The molecular formula is C9H17NO6. The van der Waals surface area contributed by atoms with Crippen LogP contribution in [0.25, 0.3) is 0 Å². The first kappa shape index (κ1) is 13.3. The minimum absolute atomic E-state index is 0.0107. The first-order valence-corrected chi connectivity index (χ1v) is 5.02. The summed E-state index contributed by atoms with van der Waals surface area (Å²) in [6.07, 6.45) is -5.85. The van der Waals surface area contributed by atoms with E-state index in [2.05, 4.69) is 5.32 Å². The van der Waals surface area contributed by atoms with E-state index in [1.54, 1.807) is 0 Å². The Labute approximate surface area is 92.7 Å². The van der Waals surface area contributed by atoms with Gasteiger partial charge in [0.2, 0.25) is 5.91 Å². The van der Waals surface area contributed by atoms with Crippen LogP contribution < -0.4 is 5.32 Å². The molecule has 0 aromatic carbocycles. The number of amides is 1. The minimum Gasteiger partial charge on any atom is -0.394 e. The number of nitrogens with one attached hydrogen (secondary N) is 1. The fourth-order valence-corrected chi connectivity index (χ4v) is 1.59. The molecule has 1 rings (SSSR count). The van der Waals surface area contributed by atoms with Crippen LogP contribution in [0.5, 0.6) is 0 Å². The molecule has 5 N–H and O–H groups in total. The Morgan fingerprint density at radius 1 is 1.19 bits per heavy atom. The third kappa shape index (κ3) is 2.89. The highest BCUT2D eigenvalue weighted by atomic mass is 16.5. The molecule has 0 aliphatic carbocycles. The monoisotopic (exact) mass is 235 g/mol. The van der Waals surface area contributed by atoms with E-state index in [1.807, 2.05) is 0 Å². The van der Waals surface area contributed by atoms with Crippen molar-refractivity contribution in [2.24, 2.45) is 0 Å². The quantitative estimate of drug-likeness (QED) is 0.355. The molecule has 7 heteroatoms. The van der Waals surface area contributed by atoms with Gasteiger partial charge < -0.3 is 30.5 Å².